The third-order valence-corrected chi connectivity index (χ3v) is 7.13. The minimum atomic E-state index is -1.15. The molecule has 208 valence electrons. The van der Waals surface area contributed by atoms with Crippen LogP contribution in [-0.4, -0.2) is 89.5 Å². The van der Waals surface area contributed by atoms with E-state index in [9.17, 15) is 24.3 Å². The Bertz CT molecular complexity index is 1170. The quantitative estimate of drug-likeness (QED) is 0.538. The van der Waals surface area contributed by atoms with E-state index < -0.39 is 35.9 Å². The molecule has 0 bridgehead atoms. The van der Waals surface area contributed by atoms with Gasteiger partial charge in [0.1, 0.15) is 24.4 Å². The number of amides is 4. The molecule has 39 heavy (non-hydrogen) atoms. The van der Waals surface area contributed by atoms with Crippen LogP contribution in [-0.2, 0) is 20.8 Å². The van der Waals surface area contributed by atoms with Crippen LogP contribution in [0, 0.1) is 0 Å². The molecular formula is C29H36N4O6. The fourth-order valence-electron chi connectivity index (χ4n) is 4.92. The van der Waals surface area contributed by atoms with Crippen molar-refractivity contribution in [3.8, 4) is 5.75 Å². The highest BCUT2D eigenvalue weighted by molar-refractivity contribution is 6.01. The summed E-state index contributed by atoms with van der Waals surface area (Å²) in [6.45, 7) is 3.34. The summed E-state index contributed by atoms with van der Waals surface area (Å²) in [6, 6.07) is 14.1. The molecule has 0 aliphatic carbocycles. The monoisotopic (exact) mass is 536 g/mol. The summed E-state index contributed by atoms with van der Waals surface area (Å²) in [5.74, 6) is -1.38. The number of aliphatic hydroxyl groups is 1. The van der Waals surface area contributed by atoms with Crippen LogP contribution in [0.5, 0.6) is 5.75 Å². The highest BCUT2D eigenvalue weighted by atomic mass is 16.5. The molecule has 10 heteroatoms. The van der Waals surface area contributed by atoms with Crippen molar-refractivity contribution in [3.05, 3.63) is 65.7 Å². The zero-order chi connectivity index (χ0) is 27.8. The maximum absolute atomic E-state index is 13.6. The molecule has 2 heterocycles. The van der Waals surface area contributed by atoms with Crippen LogP contribution in [0.15, 0.2) is 54.6 Å². The molecule has 3 N–H and O–H groups in total. The van der Waals surface area contributed by atoms with E-state index in [4.69, 9.17) is 4.74 Å². The molecule has 10 nitrogen and oxygen atoms in total. The minimum absolute atomic E-state index is 0.147. The molecule has 1 saturated heterocycles. The first-order valence-electron chi connectivity index (χ1n) is 13.5. The van der Waals surface area contributed by atoms with Crippen molar-refractivity contribution >= 4 is 23.6 Å². The first-order chi connectivity index (χ1) is 18.9. The number of para-hydroxylation sites is 1. The summed E-state index contributed by atoms with van der Waals surface area (Å²) in [5, 5.41) is 15.4. The number of likely N-dealkylation sites (N-methyl/N-ethyl adjacent to an activating group) is 1. The number of nitrogens with one attached hydrogen (secondary N) is 2. The lowest BCUT2D eigenvalue weighted by Gasteiger charge is -2.33. The van der Waals surface area contributed by atoms with Crippen LogP contribution < -0.4 is 15.4 Å². The summed E-state index contributed by atoms with van der Waals surface area (Å²) >= 11 is 0. The van der Waals surface area contributed by atoms with Crippen molar-refractivity contribution in [3.63, 3.8) is 0 Å². The van der Waals surface area contributed by atoms with Gasteiger partial charge in [0.15, 0.2) is 0 Å². The van der Waals surface area contributed by atoms with Crippen LogP contribution in [0.1, 0.15) is 42.1 Å². The Morgan fingerprint density at radius 3 is 2.38 bits per heavy atom. The third-order valence-electron chi connectivity index (χ3n) is 7.13. The lowest BCUT2D eigenvalue weighted by Crippen LogP contribution is -2.55. The second kappa shape index (κ2) is 13.2. The Balaban J connectivity index is 1.64. The standard InChI is InChI=1S/C29H36N4O6/c1-2-32-16-17-39-25-11-7-6-10-22(25)27(36)31-24(29(38)33-14-12-21(34)13-15-33)19-26(35)30-23(28(32)37)18-20-8-4-3-5-9-20/h3-11,21,23-24,34H,2,12-19H2,1H3,(H,30,35)(H,31,36)/t23-,24-/m0/s1. The average Bonchev–Trinajstić information content (AvgIpc) is 2.94. The predicted molar refractivity (Wildman–Crippen MR) is 144 cm³/mol. The highest BCUT2D eigenvalue weighted by Gasteiger charge is 2.33. The summed E-state index contributed by atoms with van der Waals surface area (Å²) < 4.78 is 5.92. The summed E-state index contributed by atoms with van der Waals surface area (Å²) in [6.07, 6.45) is 0.315. The van der Waals surface area contributed by atoms with Crippen LogP contribution in [0.25, 0.3) is 0 Å². The number of benzene rings is 2. The van der Waals surface area contributed by atoms with Crippen LogP contribution in [0.3, 0.4) is 0 Å². The van der Waals surface area contributed by atoms with Gasteiger partial charge in [-0.1, -0.05) is 42.5 Å². The van der Waals surface area contributed by atoms with E-state index in [2.05, 4.69) is 10.6 Å². The number of likely N-dealkylation sites (tertiary alicyclic amines) is 1. The molecule has 2 aliphatic heterocycles. The summed E-state index contributed by atoms with van der Waals surface area (Å²) in [4.78, 5) is 56.9. The molecule has 0 spiro atoms. The van der Waals surface area contributed by atoms with E-state index in [0.29, 0.717) is 38.2 Å². The second-order valence-corrected chi connectivity index (χ2v) is 9.86. The van der Waals surface area contributed by atoms with Crippen molar-refractivity contribution in [2.75, 3.05) is 32.8 Å². The maximum Gasteiger partial charge on any atom is 0.255 e. The van der Waals surface area contributed by atoms with Gasteiger partial charge in [0.05, 0.1) is 24.6 Å². The van der Waals surface area contributed by atoms with Gasteiger partial charge in [-0.15, -0.1) is 0 Å². The molecule has 0 radical (unpaired) electrons. The topological polar surface area (TPSA) is 128 Å². The number of piperidine rings is 1. The van der Waals surface area contributed by atoms with Crippen LogP contribution >= 0.6 is 0 Å². The Hall–Kier alpha value is -3.92. The number of hydrogen-bond donors (Lipinski definition) is 3. The van der Waals surface area contributed by atoms with Gasteiger partial charge in [0, 0.05) is 26.1 Å². The molecule has 2 aliphatic rings. The number of rotatable bonds is 4. The van der Waals surface area contributed by atoms with Gasteiger partial charge in [-0.05, 0) is 37.5 Å². The van der Waals surface area contributed by atoms with E-state index in [1.54, 1.807) is 34.1 Å². The normalized spacial score (nSPS) is 21.7. The minimum Gasteiger partial charge on any atom is -0.491 e. The van der Waals surface area contributed by atoms with Gasteiger partial charge in [0.2, 0.25) is 17.7 Å². The van der Waals surface area contributed by atoms with Gasteiger partial charge in [-0.2, -0.15) is 0 Å². The lowest BCUT2D eigenvalue weighted by atomic mass is 10.0. The Morgan fingerprint density at radius 1 is 0.974 bits per heavy atom. The van der Waals surface area contributed by atoms with Crippen LogP contribution in [0.4, 0.5) is 0 Å². The number of aliphatic hydroxyl groups excluding tert-OH is 1. The van der Waals surface area contributed by atoms with E-state index in [1.165, 1.54) is 0 Å². The number of ether oxygens (including phenoxy) is 1. The number of fused-ring (bicyclic) bond motifs is 1. The van der Waals surface area contributed by atoms with Crippen LogP contribution in [0.2, 0.25) is 0 Å². The average molecular weight is 537 g/mol. The van der Waals surface area contributed by atoms with E-state index in [1.807, 2.05) is 37.3 Å². The molecule has 2 aromatic carbocycles. The van der Waals surface area contributed by atoms with Crippen molar-refractivity contribution in [2.24, 2.45) is 0 Å². The zero-order valence-electron chi connectivity index (χ0n) is 22.2. The van der Waals surface area contributed by atoms with E-state index in [0.717, 1.165) is 5.56 Å². The fourth-order valence-corrected chi connectivity index (χ4v) is 4.92. The summed E-state index contributed by atoms with van der Waals surface area (Å²) in [7, 11) is 0. The zero-order valence-corrected chi connectivity index (χ0v) is 22.2. The van der Waals surface area contributed by atoms with Gasteiger partial charge in [-0.3, -0.25) is 19.2 Å². The molecule has 2 atom stereocenters. The number of carbonyl (C=O) groups excluding carboxylic acids is 4. The van der Waals surface area contributed by atoms with Gasteiger partial charge in [-0.25, -0.2) is 0 Å². The Kier molecular flexibility index (Phi) is 9.54. The molecule has 2 aromatic rings. The number of carbonyl (C=O) groups is 4. The first kappa shape index (κ1) is 28.1. The molecule has 0 saturated carbocycles. The molecule has 1 fully saturated rings. The Morgan fingerprint density at radius 2 is 1.67 bits per heavy atom. The Labute approximate surface area is 228 Å². The highest BCUT2D eigenvalue weighted by Crippen LogP contribution is 2.20. The molecule has 4 amide bonds. The second-order valence-electron chi connectivity index (χ2n) is 9.86. The number of nitrogens with zero attached hydrogens (tertiary/aromatic N) is 2. The summed E-state index contributed by atoms with van der Waals surface area (Å²) in [5.41, 5.74) is 1.12. The van der Waals surface area contributed by atoms with E-state index in [-0.39, 0.29) is 37.5 Å². The van der Waals surface area contributed by atoms with Crippen molar-refractivity contribution in [1.82, 2.24) is 20.4 Å². The smallest absolute Gasteiger partial charge is 0.255 e. The molecular weight excluding hydrogens is 500 g/mol. The molecule has 0 unspecified atom stereocenters. The largest absolute Gasteiger partial charge is 0.491 e. The first-order valence-corrected chi connectivity index (χ1v) is 13.5. The number of hydrogen-bond acceptors (Lipinski definition) is 6. The van der Waals surface area contributed by atoms with E-state index >= 15 is 0 Å². The molecule has 0 aromatic heterocycles. The SMILES string of the molecule is CCN1CCOc2ccccc2C(=O)N[C@H](C(=O)N2CCC(O)CC2)CC(=O)N[C@@H](Cc2ccccc2)C1=O. The lowest BCUT2D eigenvalue weighted by molar-refractivity contribution is -0.139. The predicted octanol–water partition coefficient (Wildman–Crippen LogP) is 1.13. The fraction of sp³-hybridized carbons (Fsp3) is 0.448. The third kappa shape index (κ3) is 7.35. The maximum atomic E-state index is 13.6. The van der Waals surface area contributed by atoms with Crippen molar-refractivity contribution in [2.45, 2.75) is 50.8 Å². The van der Waals surface area contributed by atoms with Gasteiger partial charge < -0.3 is 30.3 Å². The molecule has 4 rings (SSSR count). The van der Waals surface area contributed by atoms with Gasteiger partial charge in [0.25, 0.3) is 5.91 Å². The van der Waals surface area contributed by atoms with Crippen molar-refractivity contribution < 1.29 is 29.0 Å². The van der Waals surface area contributed by atoms with Gasteiger partial charge >= 0.3 is 0 Å². The van der Waals surface area contributed by atoms with Crippen molar-refractivity contribution in [1.29, 1.82) is 0 Å².